The van der Waals surface area contributed by atoms with Crippen molar-refractivity contribution in [3.8, 4) is 11.3 Å². The van der Waals surface area contributed by atoms with Crippen LogP contribution >= 0.6 is 0 Å². The fraction of sp³-hybridized carbons (Fsp3) is 0.522. The zero-order valence-corrected chi connectivity index (χ0v) is 17.7. The second-order valence-electron chi connectivity index (χ2n) is 8.27. The Hall–Kier alpha value is -1.95. The minimum absolute atomic E-state index is 0.239. The van der Waals surface area contributed by atoms with Gasteiger partial charge in [-0.15, -0.1) is 0 Å². The van der Waals surface area contributed by atoms with Crippen molar-refractivity contribution in [1.82, 2.24) is 20.0 Å². The van der Waals surface area contributed by atoms with Gasteiger partial charge in [-0.1, -0.05) is 29.3 Å². The summed E-state index contributed by atoms with van der Waals surface area (Å²) in [5.41, 5.74) is 7.49. The third-order valence-corrected chi connectivity index (χ3v) is 5.66. The average molecular weight is 383 g/mol. The highest BCUT2D eigenvalue weighted by Crippen LogP contribution is 2.27. The quantitative estimate of drug-likeness (QED) is 0.720. The van der Waals surface area contributed by atoms with E-state index in [1.807, 2.05) is 6.20 Å². The van der Waals surface area contributed by atoms with Crippen LogP contribution in [0.4, 0.5) is 0 Å². The Morgan fingerprint density at radius 1 is 1.29 bits per heavy atom. The highest BCUT2D eigenvalue weighted by molar-refractivity contribution is 5.67. The average Bonchev–Trinajstić information content (AvgIpc) is 3.11. The summed E-state index contributed by atoms with van der Waals surface area (Å²) >= 11 is 0. The molecule has 1 aromatic heterocycles. The minimum Gasteiger partial charge on any atom is -0.396 e. The van der Waals surface area contributed by atoms with E-state index in [9.17, 15) is 5.11 Å². The van der Waals surface area contributed by atoms with Gasteiger partial charge in [-0.05, 0) is 45.7 Å². The van der Waals surface area contributed by atoms with Gasteiger partial charge in [-0.3, -0.25) is 14.9 Å². The molecule has 1 atom stereocenters. The number of aromatic nitrogens is 2. The number of aryl methyl sites for hydroxylation is 2. The number of nitrogens with one attached hydrogen (secondary N) is 1. The van der Waals surface area contributed by atoms with Gasteiger partial charge in [0, 0.05) is 56.5 Å². The van der Waals surface area contributed by atoms with Crippen molar-refractivity contribution >= 4 is 0 Å². The summed E-state index contributed by atoms with van der Waals surface area (Å²) in [5.74, 6) is 0. The highest BCUT2D eigenvalue weighted by Gasteiger charge is 2.26. The van der Waals surface area contributed by atoms with E-state index in [1.165, 1.54) is 27.8 Å². The Labute approximate surface area is 169 Å². The Balaban J connectivity index is 1.72. The monoisotopic (exact) mass is 382 g/mol. The molecule has 0 spiro atoms. The smallest absolute Gasteiger partial charge is 0.0698 e. The van der Waals surface area contributed by atoms with Crippen LogP contribution in [0.5, 0.6) is 0 Å². The first-order valence-electron chi connectivity index (χ1n) is 10.3. The van der Waals surface area contributed by atoms with Crippen molar-refractivity contribution in [3.63, 3.8) is 0 Å². The maximum Gasteiger partial charge on any atom is 0.0698 e. The molecule has 2 N–H and O–H groups in total. The number of aromatic amines is 1. The minimum atomic E-state index is 0.239. The third-order valence-electron chi connectivity index (χ3n) is 5.66. The van der Waals surface area contributed by atoms with E-state index in [2.05, 4.69) is 72.0 Å². The number of piperazine rings is 1. The number of aliphatic hydroxyl groups excluding tert-OH is 1. The van der Waals surface area contributed by atoms with Gasteiger partial charge >= 0.3 is 0 Å². The molecule has 3 rings (SSSR count). The van der Waals surface area contributed by atoms with E-state index in [4.69, 9.17) is 0 Å². The fourth-order valence-electron chi connectivity index (χ4n) is 3.97. The van der Waals surface area contributed by atoms with Gasteiger partial charge in [-0.2, -0.15) is 5.10 Å². The second-order valence-corrected chi connectivity index (χ2v) is 8.27. The zero-order valence-electron chi connectivity index (χ0n) is 17.7. The molecule has 1 aliphatic rings. The van der Waals surface area contributed by atoms with Gasteiger partial charge in [0.1, 0.15) is 0 Å². The lowest BCUT2D eigenvalue weighted by Gasteiger charge is -2.41. The van der Waals surface area contributed by atoms with E-state index in [-0.39, 0.29) is 6.61 Å². The van der Waals surface area contributed by atoms with E-state index in [0.717, 1.165) is 44.8 Å². The SMILES string of the molecule is CC(C)=CCN1CCN(Cc2cn[nH]c2-c2cc(C)ccc2C)C[C@@H]1CCO. The fourth-order valence-corrected chi connectivity index (χ4v) is 3.97. The van der Waals surface area contributed by atoms with E-state index < -0.39 is 0 Å². The summed E-state index contributed by atoms with van der Waals surface area (Å²) < 4.78 is 0. The predicted molar refractivity (Wildman–Crippen MR) is 115 cm³/mol. The summed E-state index contributed by atoms with van der Waals surface area (Å²) in [6.07, 6.45) is 5.07. The highest BCUT2D eigenvalue weighted by atomic mass is 16.3. The molecule has 0 aliphatic carbocycles. The molecule has 1 saturated heterocycles. The molecule has 0 unspecified atom stereocenters. The van der Waals surface area contributed by atoms with Crippen molar-refractivity contribution < 1.29 is 5.11 Å². The number of H-pyrrole nitrogens is 1. The van der Waals surface area contributed by atoms with E-state index in [1.54, 1.807) is 0 Å². The van der Waals surface area contributed by atoms with Crippen molar-refractivity contribution in [2.75, 3.05) is 32.8 Å². The first-order chi connectivity index (χ1) is 13.5. The lowest BCUT2D eigenvalue weighted by Crippen LogP contribution is -2.53. The number of benzene rings is 1. The van der Waals surface area contributed by atoms with Crippen LogP contribution in [-0.4, -0.2) is 63.9 Å². The predicted octanol–water partition coefficient (Wildman–Crippen LogP) is 3.53. The molecular weight excluding hydrogens is 348 g/mol. The van der Waals surface area contributed by atoms with Crippen molar-refractivity contribution in [2.45, 2.75) is 46.7 Å². The number of aliphatic hydroxyl groups is 1. The molecule has 28 heavy (non-hydrogen) atoms. The number of hydrogen-bond acceptors (Lipinski definition) is 4. The van der Waals surface area contributed by atoms with Gasteiger partial charge in [0.05, 0.1) is 11.9 Å². The number of hydrogen-bond donors (Lipinski definition) is 2. The third kappa shape index (κ3) is 5.10. The maximum absolute atomic E-state index is 9.53. The summed E-state index contributed by atoms with van der Waals surface area (Å²) in [6, 6.07) is 6.96. The molecule has 5 nitrogen and oxygen atoms in total. The number of allylic oxidation sites excluding steroid dienone is 1. The molecule has 0 bridgehead atoms. The summed E-state index contributed by atoms with van der Waals surface area (Å²) in [7, 11) is 0. The molecule has 5 heteroatoms. The zero-order chi connectivity index (χ0) is 20.1. The molecule has 0 saturated carbocycles. The molecule has 1 aliphatic heterocycles. The molecule has 0 radical (unpaired) electrons. The topological polar surface area (TPSA) is 55.4 Å². The van der Waals surface area contributed by atoms with Crippen LogP contribution in [0.2, 0.25) is 0 Å². The van der Waals surface area contributed by atoms with Crippen molar-refractivity contribution in [3.05, 3.63) is 52.7 Å². The summed E-state index contributed by atoms with van der Waals surface area (Å²) in [6.45, 7) is 13.7. The largest absolute Gasteiger partial charge is 0.396 e. The normalized spacial score (nSPS) is 18.4. The lowest BCUT2D eigenvalue weighted by molar-refractivity contribution is 0.0637. The van der Waals surface area contributed by atoms with E-state index >= 15 is 0 Å². The molecule has 2 heterocycles. The van der Waals surface area contributed by atoms with Crippen LogP contribution < -0.4 is 0 Å². The van der Waals surface area contributed by atoms with Crippen molar-refractivity contribution in [1.29, 1.82) is 0 Å². The number of rotatable bonds is 7. The molecule has 1 fully saturated rings. The Bertz CT molecular complexity index is 807. The second kappa shape index (κ2) is 9.50. The van der Waals surface area contributed by atoms with Gasteiger partial charge < -0.3 is 5.11 Å². The summed E-state index contributed by atoms with van der Waals surface area (Å²) in [5, 5.41) is 17.1. The lowest BCUT2D eigenvalue weighted by atomic mass is 10.00. The first kappa shape index (κ1) is 20.8. The molecule has 2 aromatic rings. The van der Waals surface area contributed by atoms with Crippen LogP contribution in [0.3, 0.4) is 0 Å². The summed E-state index contributed by atoms with van der Waals surface area (Å²) in [4.78, 5) is 5.00. The van der Waals surface area contributed by atoms with E-state index in [0.29, 0.717) is 6.04 Å². The van der Waals surface area contributed by atoms with Gasteiger partial charge in [0.25, 0.3) is 0 Å². The van der Waals surface area contributed by atoms with Gasteiger partial charge in [-0.25, -0.2) is 0 Å². The van der Waals surface area contributed by atoms with Crippen LogP contribution in [0.1, 0.15) is 37.0 Å². The number of nitrogens with zero attached hydrogens (tertiary/aromatic N) is 3. The maximum atomic E-state index is 9.53. The Kier molecular flexibility index (Phi) is 7.05. The standard InChI is InChI=1S/C23H34N4O/c1-17(2)7-9-27-11-10-26(16-21(27)8-12-28)15-20-14-24-25-23(20)22-13-18(3)5-6-19(22)4/h5-7,13-14,21,28H,8-12,15-16H2,1-4H3,(H,24,25)/t21-/m0/s1. The molecule has 152 valence electrons. The molecule has 0 amide bonds. The molecule has 1 aromatic carbocycles. The van der Waals surface area contributed by atoms with Crippen LogP contribution in [0.15, 0.2) is 36.0 Å². The Morgan fingerprint density at radius 3 is 2.86 bits per heavy atom. The first-order valence-corrected chi connectivity index (χ1v) is 10.3. The Morgan fingerprint density at radius 2 is 2.11 bits per heavy atom. The van der Waals surface area contributed by atoms with Crippen LogP contribution in [0.25, 0.3) is 11.3 Å². The van der Waals surface area contributed by atoms with Gasteiger partial charge in [0.15, 0.2) is 0 Å². The van der Waals surface area contributed by atoms with Crippen molar-refractivity contribution in [2.24, 2.45) is 0 Å². The van der Waals surface area contributed by atoms with Crippen LogP contribution in [-0.2, 0) is 6.54 Å². The van der Waals surface area contributed by atoms with Crippen LogP contribution in [0, 0.1) is 13.8 Å². The molecular formula is C23H34N4O. The van der Waals surface area contributed by atoms with Gasteiger partial charge in [0.2, 0.25) is 0 Å².